The van der Waals surface area contributed by atoms with E-state index in [2.05, 4.69) is 5.32 Å². The number of alkyl halides is 1. The summed E-state index contributed by atoms with van der Waals surface area (Å²) in [6, 6.07) is 6.94. The van der Waals surface area contributed by atoms with Gasteiger partial charge in [0.05, 0.1) is 0 Å². The van der Waals surface area contributed by atoms with E-state index in [1.54, 1.807) is 45.0 Å². The third-order valence-corrected chi connectivity index (χ3v) is 3.00. The summed E-state index contributed by atoms with van der Waals surface area (Å²) in [7, 11) is 0. The molecule has 21 heavy (non-hydrogen) atoms. The molecule has 6 heteroatoms. The van der Waals surface area contributed by atoms with Crippen molar-refractivity contribution < 1.29 is 19.7 Å². The number of aliphatic hydroxyl groups is 2. The molecule has 1 rings (SSSR count). The van der Waals surface area contributed by atoms with Crippen LogP contribution < -0.4 is 5.32 Å². The molecule has 1 aromatic carbocycles. The molecule has 0 aliphatic carbocycles. The molecule has 1 amide bonds. The lowest BCUT2D eigenvalue weighted by molar-refractivity contribution is 0.0129. The molecule has 2 atom stereocenters. The first-order chi connectivity index (χ1) is 9.73. The fourth-order valence-electron chi connectivity index (χ4n) is 1.64. The van der Waals surface area contributed by atoms with Crippen LogP contribution in [0.15, 0.2) is 24.3 Å². The van der Waals surface area contributed by atoms with Gasteiger partial charge in [-0.2, -0.15) is 0 Å². The maximum absolute atomic E-state index is 11.5. The maximum Gasteiger partial charge on any atom is 0.407 e. The number of alkyl carbamates (subject to hydrolysis) is 1. The predicted molar refractivity (Wildman–Crippen MR) is 81.2 cm³/mol. The van der Waals surface area contributed by atoms with Crippen LogP contribution in [0.1, 0.15) is 38.0 Å². The van der Waals surface area contributed by atoms with Crippen LogP contribution in [0.2, 0.25) is 0 Å². The molecule has 118 valence electrons. The van der Waals surface area contributed by atoms with Crippen molar-refractivity contribution in [3.05, 3.63) is 35.4 Å². The molecule has 0 heterocycles. The van der Waals surface area contributed by atoms with E-state index in [1.165, 1.54) is 0 Å². The van der Waals surface area contributed by atoms with E-state index in [1.807, 2.05) is 0 Å². The molecule has 0 spiro atoms. The van der Waals surface area contributed by atoms with Crippen LogP contribution >= 0.6 is 11.6 Å². The Balaban J connectivity index is 2.50. The molecule has 0 aliphatic heterocycles. The molecule has 0 aromatic heterocycles. The standard InChI is InChI=1S/C15H22ClNO4/c1-15(2,3)21-14(20)17-9-12(18)13(19)11-6-4-10(8-16)5-7-11/h4-7,12-13,18-19H,8-9H2,1-3H3,(H,17,20). The van der Waals surface area contributed by atoms with Crippen LogP contribution in [0.3, 0.4) is 0 Å². The van der Waals surface area contributed by atoms with Gasteiger partial charge in [-0.1, -0.05) is 24.3 Å². The number of amides is 1. The average Bonchev–Trinajstić information content (AvgIpc) is 2.42. The summed E-state index contributed by atoms with van der Waals surface area (Å²) in [6.07, 6.45) is -2.85. The third-order valence-electron chi connectivity index (χ3n) is 2.69. The normalized spacial score (nSPS) is 14.4. The van der Waals surface area contributed by atoms with Crippen LogP contribution in [0.25, 0.3) is 0 Å². The Morgan fingerprint density at radius 3 is 2.33 bits per heavy atom. The molecule has 0 aliphatic rings. The molecule has 0 radical (unpaired) electrons. The number of hydrogen-bond acceptors (Lipinski definition) is 4. The minimum Gasteiger partial charge on any atom is -0.444 e. The molecule has 0 saturated carbocycles. The summed E-state index contributed by atoms with van der Waals surface area (Å²) in [4.78, 5) is 11.5. The molecule has 2 unspecified atom stereocenters. The van der Waals surface area contributed by atoms with Gasteiger partial charge in [0.15, 0.2) is 0 Å². The van der Waals surface area contributed by atoms with Gasteiger partial charge in [0.1, 0.15) is 17.8 Å². The Labute approximate surface area is 129 Å². The van der Waals surface area contributed by atoms with Crippen molar-refractivity contribution in [1.29, 1.82) is 0 Å². The smallest absolute Gasteiger partial charge is 0.407 e. The first-order valence-corrected chi connectivity index (χ1v) is 7.24. The van der Waals surface area contributed by atoms with Gasteiger partial charge in [0, 0.05) is 12.4 Å². The van der Waals surface area contributed by atoms with E-state index in [9.17, 15) is 15.0 Å². The minimum absolute atomic E-state index is 0.104. The zero-order chi connectivity index (χ0) is 16.0. The predicted octanol–water partition coefficient (Wildman–Crippen LogP) is 2.34. The van der Waals surface area contributed by atoms with Gasteiger partial charge in [0.2, 0.25) is 0 Å². The van der Waals surface area contributed by atoms with E-state index in [4.69, 9.17) is 16.3 Å². The SMILES string of the molecule is CC(C)(C)OC(=O)NCC(O)C(O)c1ccc(CCl)cc1. The number of halogens is 1. The largest absolute Gasteiger partial charge is 0.444 e. The Kier molecular flexibility index (Phi) is 6.45. The molecular formula is C15H22ClNO4. The monoisotopic (exact) mass is 315 g/mol. The van der Waals surface area contributed by atoms with Crippen molar-refractivity contribution in [3.8, 4) is 0 Å². The topological polar surface area (TPSA) is 78.8 Å². The van der Waals surface area contributed by atoms with Crippen molar-refractivity contribution in [2.75, 3.05) is 6.54 Å². The highest BCUT2D eigenvalue weighted by Gasteiger charge is 2.21. The van der Waals surface area contributed by atoms with Crippen LogP contribution in [-0.2, 0) is 10.6 Å². The molecule has 0 fully saturated rings. The highest BCUT2D eigenvalue weighted by Crippen LogP contribution is 2.18. The van der Waals surface area contributed by atoms with E-state index >= 15 is 0 Å². The van der Waals surface area contributed by atoms with Gasteiger partial charge in [-0.3, -0.25) is 0 Å². The molecule has 0 bridgehead atoms. The van der Waals surface area contributed by atoms with Crippen molar-refractivity contribution in [3.63, 3.8) is 0 Å². The second kappa shape index (κ2) is 7.64. The van der Waals surface area contributed by atoms with Gasteiger partial charge < -0.3 is 20.3 Å². The number of ether oxygens (including phenoxy) is 1. The zero-order valence-electron chi connectivity index (χ0n) is 12.5. The van der Waals surface area contributed by atoms with Crippen LogP contribution in [0.5, 0.6) is 0 Å². The van der Waals surface area contributed by atoms with Gasteiger partial charge >= 0.3 is 6.09 Å². The van der Waals surface area contributed by atoms with Crippen LogP contribution in [-0.4, -0.2) is 34.6 Å². The Morgan fingerprint density at radius 1 is 1.29 bits per heavy atom. The Bertz CT molecular complexity index is 456. The molecular weight excluding hydrogens is 294 g/mol. The highest BCUT2D eigenvalue weighted by molar-refractivity contribution is 6.17. The van der Waals surface area contributed by atoms with Gasteiger partial charge in [0.25, 0.3) is 0 Å². The number of carbonyl (C=O) groups is 1. The van der Waals surface area contributed by atoms with Gasteiger partial charge in [-0.25, -0.2) is 4.79 Å². The van der Waals surface area contributed by atoms with E-state index in [-0.39, 0.29) is 6.54 Å². The lowest BCUT2D eigenvalue weighted by atomic mass is 10.0. The van der Waals surface area contributed by atoms with Crippen molar-refractivity contribution >= 4 is 17.7 Å². The van der Waals surface area contributed by atoms with Crippen molar-refractivity contribution in [2.24, 2.45) is 0 Å². The Hall–Kier alpha value is -1.30. The summed E-state index contributed by atoms with van der Waals surface area (Å²) in [5.74, 6) is 0.388. The van der Waals surface area contributed by atoms with Gasteiger partial charge in [-0.05, 0) is 31.9 Å². The molecule has 0 saturated heterocycles. The Morgan fingerprint density at radius 2 is 1.86 bits per heavy atom. The summed E-state index contributed by atoms with van der Waals surface area (Å²) in [5.41, 5.74) is 0.877. The first-order valence-electron chi connectivity index (χ1n) is 6.70. The summed E-state index contributed by atoms with van der Waals surface area (Å²) < 4.78 is 5.05. The number of hydrogen-bond donors (Lipinski definition) is 3. The van der Waals surface area contributed by atoms with Crippen molar-refractivity contribution in [1.82, 2.24) is 5.32 Å². The van der Waals surface area contributed by atoms with Gasteiger partial charge in [-0.15, -0.1) is 11.6 Å². The summed E-state index contributed by atoms with van der Waals surface area (Å²) in [6.45, 7) is 5.14. The van der Waals surface area contributed by atoms with E-state index < -0.39 is 23.9 Å². The molecule has 1 aromatic rings. The zero-order valence-corrected chi connectivity index (χ0v) is 13.2. The number of rotatable bonds is 5. The second-order valence-corrected chi connectivity index (χ2v) is 6.04. The van der Waals surface area contributed by atoms with Crippen molar-refractivity contribution in [2.45, 2.75) is 44.5 Å². The number of carbonyl (C=O) groups excluding carboxylic acids is 1. The minimum atomic E-state index is -1.13. The second-order valence-electron chi connectivity index (χ2n) is 5.77. The third kappa shape index (κ3) is 6.33. The van der Waals surface area contributed by atoms with E-state index in [0.717, 1.165) is 5.56 Å². The fourth-order valence-corrected chi connectivity index (χ4v) is 1.82. The van der Waals surface area contributed by atoms with E-state index in [0.29, 0.717) is 11.4 Å². The molecule has 5 nitrogen and oxygen atoms in total. The lowest BCUT2D eigenvalue weighted by Crippen LogP contribution is -2.38. The fraction of sp³-hybridized carbons (Fsp3) is 0.533. The van der Waals surface area contributed by atoms with Crippen LogP contribution in [0.4, 0.5) is 4.79 Å². The van der Waals surface area contributed by atoms with Crippen LogP contribution in [0, 0.1) is 0 Å². The summed E-state index contributed by atoms with van der Waals surface area (Å²) in [5, 5.41) is 22.3. The first kappa shape index (κ1) is 17.8. The quantitative estimate of drug-likeness (QED) is 0.729. The lowest BCUT2D eigenvalue weighted by Gasteiger charge is -2.22. The summed E-state index contributed by atoms with van der Waals surface area (Å²) >= 11 is 5.69. The average molecular weight is 316 g/mol. The highest BCUT2D eigenvalue weighted by atomic mass is 35.5. The molecule has 3 N–H and O–H groups in total. The maximum atomic E-state index is 11.5. The number of nitrogens with one attached hydrogen (secondary N) is 1. The number of aliphatic hydroxyl groups excluding tert-OH is 2. The number of benzene rings is 1.